The van der Waals surface area contributed by atoms with Crippen LogP contribution in [-0.2, 0) is 11.8 Å². The minimum Gasteiger partial charge on any atom is -0.464 e. The molecule has 0 N–H and O–H groups in total. The number of carbonyl (C=O) groups is 1. The molecule has 0 aliphatic heterocycles. The molecule has 19 heavy (non-hydrogen) atoms. The zero-order chi connectivity index (χ0) is 13.4. The molecule has 1 aliphatic rings. The van der Waals surface area contributed by atoms with Crippen LogP contribution in [0, 0.1) is 0 Å². The molecular weight excluding hydrogens is 242 g/mol. The number of nitrogens with zero attached hydrogens (tertiary/aromatic N) is 3. The van der Waals surface area contributed by atoms with Crippen molar-refractivity contribution in [1.29, 1.82) is 0 Å². The van der Waals surface area contributed by atoms with E-state index in [1.807, 2.05) is 19.4 Å². The van der Waals surface area contributed by atoms with Crippen LogP contribution in [0.5, 0.6) is 0 Å². The summed E-state index contributed by atoms with van der Waals surface area (Å²) in [5.41, 5.74) is 3.56. The third-order valence-electron chi connectivity index (χ3n) is 3.42. The van der Waals surface area contributed by atoms with Gasteiger partial charge in [-0.1, -0.05) is 0 Å². The van der Waals surface area contributed by atoms with Gasteiger partial charge in [-0.25, -0.2) is 4.79 Å². The van der Waals surface area contributed by atoms with Crippen molar-refractivity contribution in [1.82, 2.24) is 14.8 Å². The van der Waals surface area contributed by atoms with Crippen molar-refractivity contribution in [2.45, 2.75) is 18.8 Å². The summed E-state index contributed by atoms with van der Waals surface area (Å²) < 4.78 is 6.40. The van der Waals surface area contributed by atoms with Crippen molar-refractivity contribution >= 4 is 5.97 Å². The molecule has 98 valence electrons. The van der Waals surface area contributed by atoms with Crippen LogP contribution in [0.15, 0.2) is 24.5 Å². The molecule has 2 aromatic heterocycles. The summed E-state index contributed by atoms with van der Waals surface area (Å²) >= 11 is 0. The molecule has 0 radical (unpaired) electrons. The molecule has 0 bridgehead atoms. The van der Waals surface area contributed by atoms with Crippen molar-refractivity contribution in [3.8, 4) is 11.3 Å². The average Bonchev–Trinajstić information content (AvgIpc) is 3.21. The fourth-order valence-corrected chi connectivity index (χ4v) is 2.29. The molecule has 5 nitrogen and oxygen atoms in total. The minimum absolute atomic E-state index is 0.325. The Morgan fingerprint density at radius 3 is 2.95 bits per heavy atom. The van der Waals surface area contributed by atoms with E-state index < -0.39 is 5.97 Å². The summed E-state index contributed by atoms with van der Waals surface area (Å²) in [5.74, 6) is 0.202. The average molecular weight is 257 g/mol. The van der Waals surface area contributed by atoms with Crippen LogP contribution >= 0.6 is 0 Å². The molecule has 0 saturated heterocycles. The number of hydrogen-bond acceptors (Lipinski definition) is 4. The maximum Gasteiger partial charge on any atom is 0.358 e. The van der Waals surface area contributed by atoms with E-state index in [1.165, 1.54) is 25.5 Å². The molecule has 1 fully saturated rings. The van der Waals surface area contributed by atoms with Crippen molar-refractivity contribution in [2.75, 3.05) is 7.11 Å². The Kier molecular flexibility index (Phi) is 2.81. The number of aromatic nitrogens is 3. The molecule has 2 heterocycles. The zero-order valence-corrected chi connectivity index (χ0v) is 11.0. The first-order valence-electron chi connectivity index (χ1n) is 6.27. The van der Waals surface area contributed by atoms with E-state index in [9.17, 15) is 4.79 Å². The molecule has 0 unspecified atom stereocenters. The highest BCUT2D eigenvalue weighted by Crippen LogP contribution is 2.43. The maximum absolute atomic E-state index is 11.5. The number of hydrogen-bond donors (Lipinski definition) is 0. The third-order valence-corrected chi connectivity index (χ3v) is 3.42. The molecule has 1 aliphatic carbocycles. The second kappa shape index (κ2) is 4.50. The SMILES string of the molecule is COC(=O)c1cc(-c2cnccc2C2CC2)n(C)n1. The number of pyridine rings is 1. The highest BCUT2D eigenvalue weighted by Gasteiger charge is 2.27. The van der Waals surface area contributed by atoms with Gasteiger partial charge in [0.05, 0.1) is 12.8 Å². The van der Waals surface area contributed by atoms with Gasteiger partial charge in [0, 0.05) is 25.0 Å². The number of rotatable bonds is 3. The highest BCUT2D eigenvalue weighted by atomic mass is 16.5. The van der Waals surface area contributed by atoms with Crippen LogP contribution in [0.25, 0.3) is 11.3 Å². The fraction of sp³-hybridized carbons (Fsp3) is 0.357. The summed E-state index contributed by atoms with van der Waals surface area (Å²) in [5, 5.41) is 4.19. The van der Waals surface area contributed by atoms with Gasteiger partial charge in [-0.05, 0) is 36.5 Å². The van der Waals surface area contributed by atoms with Crippen LogP contribution in [0.4, 0.5) is 0 Å². The summed E-state index contributed by atoms with van der Waals surface area (Å²) in [6.45, 7) is 0. The molecule has 5 heteroatoms. The van der Waals surface area contributed by atoms with Crippen molar-refractivity contribution < 1.29 is 9.53 Å². The third kappa shape index (κ3) is 2.12. The first kappa shape index (κ1) is 11.9. The lowest BCUT2D eigenvalue weighted by molar-refractivity contribution is 0.0593. The van der Waals surface area contributed by atoms with E-state index in [-0.39, 0.29) is 0 Å². The van der Waals surface area contributed by atoms with E-state index in [0.717, 1.165) is 11.3 Å². The lowest BCUT2D eigenvalue weighted by Gasteiger charge is -2.07. The Balaban J connectivity index is 2.07. The molecule has 0 aromatic carbocycles. The predicted molar refractivity (Wildman–Crippen MR) is 69.8 cm³/mol. The number of carbonyl (C=O) groups excluding carboxylic acids is 1. The highest BCUT2D eigenvalue weighted by molar-refractivity contribution is 5.88. The van der Waals surface area contributed by atoms with Crippen LogP contribution in [-0.4, -0.2) is 27.8 Å². The summed E-state index contributed by atoms with van der Waals surface area (Å²) in [7, 11) is 3.18. The van der Waals surface area contributed by atoms with Gasteiger partial charge in [0.1, 0.15) is 0 Å². The second-order valence-corrected chi connectivity index (χ2v) is 4.77. The van der Waals surface area contributed by atoms with Gasteiger partial charge in [0.15, 0.2) is 5.69 Å². The lowest BCUT2D eigenvalue weighted by atomic mass is 10.0. The van der Waals surface area contributed by atoms with E-state index in [1.54, 1.807) is 10.7 Å². The molecule has 3 rings (SSSR count). The smallest absolute Gasteiger partial charge is 0.358 e. The second-order valence-electron chi connectivity index (χ2n) is 4.77. The molecule has 1 saturated carbocycles. The van der Waals surface area contributed by atoms with Crippen LogP contribution < -0.4 is 0 Å². The van der Waals surface area contributed by atoms with E-state index in [0.29, 0.717) is 11.6 Å². The number of esters is 1. The number of aryl methyl sites for hydroxylation is 1. The van der Waals surface area contributed by atoms with Gasteiger partial charge >= 0.3 is 5.97 Å². The van der Waals surface area contributed by atoms with Crippen LogP contribution in [0.1, 0.15) is 34.8 Å². The molecular formula is C14H15N3O2. The number of ether oxygens (including phenoxy) is 1. The van der Waals surface area contributed by atoms with Crippen LogP contribution in [0.2, 0.25) is 0 Å². The zero-order valence-electron chi connectivity index (χ0n) is 11.0. The predicted octanol–water partition coefficient (Wildman–Crippen LogP) is 2.15. The monoisotopic (exact) mass is 257 g/mol. The van der Waals surface area contributed by atoms with Gasteiger partial charge in [-0.15, -0.1) is 0 Å². The minimum atomic E-state index is -0.418. The molecule has 0 spiro atoms. The summed E-state index contributed by atoms with van der Waals surface area (Å²) in [6.07, 6.45) is 6.10. The van der Waals surface area contributed by atoms with Crippen LogP contribution in [0.3, 0.4) is 0 Å². The topological polar surface area (TPSA) is 57.0 Å². The Morgan fingerprint density at radius 1 is 1.47 bits per heavy atom. The summed E-state index contributed by atoms with van der Waals surface area (Å²) in [6, 6.07) is 3.81. The van der Waals surface area contributed by atoms with E-state index >= 15 is 0 Å². The molecule has 0 atom stereocenters. The standard InChI is InChI=1S/C14H15N3O2/c1-17-13(7-12(16-17)14(18)19-2)11-8-15-6-5-10(11)9-3-4-9/h5-9H,3-4H2,1-2H3. The first-order chi connectivity index (χ1) is 9.20. The fourth-order valence-electron chi connectivity index (χ4n) is 2.29. The normalized spacial score (nSPS) is 14.4. The maximum atomic E-state index is 11.5. The largest absolute Gasteiger partial charge is 0.464 e. The molecule has 2 aromatic rings. The Bertz CT molecular complexity index is 629. The lowest BCUT2D eigenvalue weighted by Crippen LogP contribution is -2.03. The number of methoxy groups -OCH3 is 1. The van der Waals surface area contributed by atoms with E-state index in [4.69, 9.17) is 4.74 Å². The van der Waals surface area contributed by atoms with Gasteiger partial charge in [-0.2, -0.15) is 5.10 Å². The van der Waals surface area contributed by atoms with Gasteiger partial charge in [-0.3, -0.25) is 9.67 Å². The first-order valence-corrected chi connectivity index (χ1v) is 6.27. The van der Waals surface area contributed by atoms with E-state index in [2.05, 4.69) is 16.1 Å². The Labute approximate surface area is 111 Å². The van der Waals surface area contributed by atoms with Gasteiger partial charge in [0.25, 0.3) is 0 Å². The van der Waals surface area contributed by atoms with Gasteiger partial charge < -0.3 is 4.74 Å². The summed E-state index contributed by atoms with van der Waals surface area (Å²) in [4.78, 5) is 15.7. The van der Waals surface area contributed by atoms with Gasteiger partial charge in [0.2, 0.25) is 0 Å². The van der Waals surface area contributed by atoms with Crippen molar-refractivity contribution in [2.24, 2.45) is 7.05 Å². The molecule has 0 amide bonds. The van der Waals surface area contributed by atoms with Crippen molar-refractivity contribution in [3.05, 3.63) is 35.8 Å². The van der Waals surface area contributed by atoms with Crippen molar-refractivity contribution in [3.63, 3.8) is 0 Å². The Hall–Kier alpha value is -2.17. The quantitative estimate of drug-likeness (QED) is 0.790. The Morgan fingerprint density at radius 2 is 2.26 bits per heavy atom.